The number of alkyl halides is 1. The average Bonchev–Trinajstić information content (AvgIpc) is 1.68. The Morgan fingerprint density at radius 2 is 2.29 bits per heavy atom. The maximum absolute atomic E-state index is 10.0. The van der Waals surface area contributed by atoms with Crippen molar-refractivity contribution in [3.05, 3.63) is 0 Å². The molecule has 0 rings (SSSR count). The molecule has 0 aliphatic rings. The summed E-state index contributed by atoms with van der Waals surface area (Å²) in [6, 6.07) is 0. The molecule has 0 aromatic rings. The van der Waals surface area contributed by atoms with Crippen LogP contribution in [-0.4, -0.2) is 11.0 Å². The van der Waals surface area contributed by atoms with Crippen molar-refractivity contribution in [2.45, 2.75) is 13.3 Å². The molecule has 0 bridgehead atoms. The zero-order chi connectivity index (χ0) is 5.70. The third-order valence-corrected chi connectivity index (χ3v) is 1.51. The maximum Gasteiger partial charge on any atom is 0.0848 e. The Bertz CT molecular complexity index is 39.1. The van der Waals surface area contributed by atoms with Gasteiger partial charge in [0.2, 0.25) is 0 Å². The molecule has 1 atom stereocenters. The monoisotopic (exact) mass is 213 g/mol. The third kappa shape index (κ3) is 4.55. The molecule has 0 aromatic heterocycles. The molecule has 0 aromatic carbocycles. The van der Waals surface area contributed by atoms with Gasteiger partial charge in [0, 0.05) is 0 Å². The van der Waals surface area contributed by atoms with E-state index in [1.807, 2.05) is 6.92 Å². The van der Waals surface area contributed by atoms with Gasteiger partial charge in [-0.15, -0.1) is 0 Å². The fraction of sp³-hybridized carbons (Fsp3) is 1.00. The quantitative estimate of drug-likeness (QED) is 0.503. The molecule has 0 spiro atoms. The van der Waals surface area contributed by atoms with Crippen molar-refractivity contribution in [1.29, 1.82) is 0 Å². The van der Waals surface area contributed by atoms with Gasteiger partial charge in [-0.25, -0.2) is 5.11 Å². The summed E-state index contributed by atoms with van der Waals surface area (Å²) in [5.74, 6) is 0.386. The fourth-order valence-corrected chi connectivity index (χ4v) is 1.33. The van der Waals surface area contributed by atoms with E-state index in [1.165, 1.54) is 0 Å². The second kappa shape index (κ2) is 4.84. The molecular weight excluding hydrogens is 203 g/mol. The lowest BCUT2D eigenvalue weighted by Crippen LogP contribution is -1.98. The summed E-state index contributed by atoms with van der Waals surface area (Å²) in [7, 11) is 0. The van der Waals surface area contributed by atoms with Crippen molar-refractivity contribution >= 4 is 22.6 Å². The van der Waals surface area contributed by atoms with Crippen LogP contribution in [0, 0.1) is 5.92 Å². The highest BCUT2D eigenvalue weighted by Gasteiger charge is 1.96. The van der Waals surface area contributed by atoms with Gasteiger partial charge >= 0.3 is 0 Å². The molecule has 0 saturated carbocycles. The van der Waals surface area contributed by atoms with Crippen LogP contribution in [0.4, 0.5) is 0 Å². The summed E-state index contributed by atoms with van der Waals surface area (Å²) in [4.78, 5) is 0. The standard InChI is InChI=1S/C5H10IO/c1-5(4-7)2-3-6/h5H,2-4H2,1H3. The van der Waals surface area contributed by atoms with Crippen LogP contribution in [-0.2, 0) is 5.11 Å². The Hall–Kier alpha value is 0.690. The number of halogens is 1. The van der Waals surface area contributed by atoms with Crippen molar-refractivity contribution in [2.24, 2.45) is 5.92 Å². The molecule has 1 nitrogen and oxygen atoms in total. The van der Waals surface area contributed by atoms with Crippen LogP contribution in [0.2, 0.25) is 0 Å². The minimum absolute atomic E-state index is 0.0863. The van der Waals surface area contributed by atoms with E-state index in [0.717, 1.165) is 10.8 Å². The van der Waals surface area contributed by atoms with Crippen LogP contribution in [0.5, 0.6) is 0 Å². The molecule has 2 heteroatoms. The van der Waals surface area contributed by atoms with E-state index in [9.17, 15) is 5.11 Å². The highest BCUT2D eigenvalue weighted by molar-refractivity contribution is 14.1. The largest absolute Gasteiger partial charge is 0.236 e. The molecule has 7 heavy (non-hydrogen) atoms. The van der Waals surface area contributed by atoms with Gasteiger partial charge in [-0.1, -0.05) is 29.5 Å². The summed E-state index contributed by atoms with van der Waals surface area (Å²) in [5, 5.41) is 10.0. The lowest BCUT2D eigenvalue weighted by atomic mass is 10.1. The average molecular weight is 213 g/mol. The summed E-state index contributed by atoms with van der Waals surface area (Å²) in [6.07, 6.45) is 1.07. The zero-order valence-electron chi connectivity index (χ0n) is 4.48. The third-order valence-electron chi connectivity index (χ3n) is 0.886. The van der Waals surface area contributed by atoms with E-state index in [2.05, 4.69) is 22.6 Å². The van der Waals surface area contributed by atoms with Crippen molar-refractivity contribution < 1.29 is 5.11 Å². The van der Waals surface area contributed by atoms with Crippen LogP contribution >= 0.6 is 22.6 Å². The van der Waals surface area contributed by atoms with Crippen LogP contribution < -0.4 is 0 Å². The Morgan fingerprint density at radius 1 is 1.71 bits per heavy atom. The smallest absolute Gasteiger partial charge is 0.0848 e. The van der Waals surface area contributed by atoms with Crippen LogP contribution in [0.15, 0.2) is 0 Å². The van der Waals surface area contributed by atoms with Gasteiger partial charge in [0.25, 0.3) is 0 Å². The van der Waals surface area contributed by atoms with E-state index < -0.39 is 0 Å². The van der Waals surface area contributed by atoms with Crippen molar-refractivity contribution in [3.63, 3.8) is 0 Å². The molecule has 0 N–H and O–H groups in total. The first-order valence-electron chi connectivity index (χ1n) is 2.45. The first-order chi connectivity index (χ1) is 3.31. The molecule has 0 heterocycles. The second-order valence-electron chi connectivity index (χ2n) is 1.75. The minimum atomic E-state index is 0.0863. The number of hydrogen-bond acceptors (Lipinski definition) is 0. The van der Waals surface area contributed by atoms with Gasteiger partial charge in [0.15, 0.2) is 0 Å². The number of hydrogen-bond donors (Lipinski definition) is 0. The van der Waals surface area contributed by atoms with Gasteiger partial charge in [-0.3, -0.25) is 0 Å². The van der Waals surface area contributed by atoms with Gasteiger partial charge in [-0.05, 0) is 16.8 Å². The second-order valence-corrected chi connectivity index (χ2v) is 2.83. The molecule has 0 saturated heterocycles. The maximum atomic E-state index is 10.0. The van der Waals surface area contributed by atoms with E-state index in [4.69, 9.17) is 0 Å². The van der Waals surface area contributed by atoms with Crippen LogP contribution in [0.25, 0.3) is 0 Å². The first-order valence-corrected chi connectivity index (χ1v) is 3.98. The zero-order valence-corrected chi connectivity index (χ0v) is 6.64. The van der Waals surface area contributed by atoms with Crippen molar-refractivity contribution in [1.82, 2.24) is 0 Å². The lowest BCUT2D eigenvalue weighted by Gasteiger charge is -1.99. The van der Waals surface area contributed by atoms with Crippen molar-refractivity contribution in [2.75, 3.05) is 11.0 Å². The molecule has 0 aliphatic carbocycles. The molecule has 1 unspecified atom stereocenters. The molecular formula is C5H10IO. The van der Waals surface area contributed by atoms with Crippen molar-refractivity contribution in [3.8, 4) is 0 Å². The minimum Gasteiger partial charge on any atom is -0.236 e. The van der Waals surface area contributed by atoms with Gasteiger partial charge in [0.05, 0.1) is 6.61 Å². The Kier molecular flexibility index (Phi) is 5.32. The predicted octanol–water partition coefficient (Wildman–Crippen LogP) is 1.88. The van der Waals surface area contributed by atoms with Gasteiger partial charge < -0.3 is 0 Å². The van der Waals surface area contributed by atoms with E-state index in [-0.39, 0.29) is 6.61 Å². The summed E-state index contributed by atoms with van der Waals surface area (Å²) < 4.78 is 1.11. The highest BCUT2D eigenvalue weighted by atomic mass is 127. The van der Waals surface area contributed by atoms with Gasteiger partial charge in [0.1, 0.15) is 0 Å². The first kappa shape index (κ1) is 7.69. The Morgan fingerprint density at radius 3 is 2.43 bits per heavy atom. The predicted molar refractivity (Wildman–Crippen MR) is 38.2 cm³/mol. The molecule has 1 radical (unpaired) electrons. The normalized spacial score (nSPS) is 14.1. The Balaban J connectivity index is 2.83. The van der Waals surface area contributed by atoms with E-state index in [1.54, 1.807) is 0 Å². The van der Waals surface area contributed by atoms with E-state index in [0.29, 0.717) is 5.92 Å². The summed E-state index contributed by atoms with van der Waals surface area (Å²) >= 11 is 2.29. The molecule has 0 aliphatic heterocycles. The summed E-state index contributed by atoms with van der Waals surface area (Å²) in [5.41, 5.74) is 0. The van der Waals surface area contributed by atoms with Crippen LogP contribution in [0.1, 0.15) is 13.3 Å². The fourth-order valence-electron chi connectivity index (χ4n) is 0.270. The van der Waals surface area contributed by atoms with Gasteiger partial charge in [-0.2, -0.15) is 0 Å². The SMILES string of the molecule is CC(C[O])CCI. The molecule has 0 fully saturated rings. The Labute approximate surface area is 58.3 Å². The van der Waals surface area contributed by atoms with Crippen LogP contribution in [0.3, 0.4) is 0 Å². The molecule has 0 amide bonds. The topological polar surface area (TPSA) is 19.9 Å². The summed E-state index contributed by atoms with van der Waals surface area (Å²) in [6.45, 7) is 2.08. The molecule has 43 valence electrons. The van der Waals surface area contributed by atoms with E-state index >= 15 is 0 Å². The number of rotatable bonds is 3. The lowest BCUT2D eigenvalue weighted by molar-refractivity contribution is 0.150. The highest BCUT2D eigenvalue weighted by Crippen LogP contribution is 2.01.